The second-order valence-corrected chi connectivity index (χ2v) is 6.88. The fourth-order valence-corrected chi connectivity index (χ4v) is 3.45. The third-order valence-electron chi connectivity index (χ3n) is 1.97. The number of rotatable bonds is 5. The van der Waals surface area contributed by atoms with Gasteiger partial charge >= 0.3 is 11.5 Å². The summed E-state index contributed by atoms with van der Waals surface area (Å²) in [4.78, 5) is 11.1. The van der Waals surface area contributed by atoms with E-state index in [1.807, 2.05) is 0 Å². The Hall–Kier alpha value is -0.540. The van der Waals surface area contributed by atoms with Crippen LogP contribution in [-0.2, 0) is 10.8 Å². The Bertz CT molecular complexity index is 505. The van der Waals surface area contributed by atoms with E-state index in [2.05, 4.69) is 15.9 Å². The lowest BCUT2D eigenvalue weighted by Gasteiger charge is -2.06. The van der Waals surface area contributed by atoms with Crippen molar-refractivity contribution in [3.05, 3.63) is 28.2 Å². The SMILES string of the molecule is O=C(O)c1cc(S(=O)CCSC(F)(F)F)ccc1Br. The molecule has 0 saturated heterocycles. The molecule has 1 rings (SSSR count). The van der Waals surface area contributed by atoms with Crippen LogP contribution >= 0.6 is 27.7 Å². The first-order chi connectivity index (χ1) is 8.70. The lowest BCUT2D eigenvalue weighted by molar-refractivity contribution is -0.0326. The molecule has 106 valence electrons. The van der Waals surface area contributed by atoms with E-state index in [1.165, 1.54) is 18.2 Å². The van der Waals surface area contributed by atoms with Gasteiger partial charge in [-0.3, -0.25) is 4.21 Å². The molecule has 0 spiro atoms. The van der Waals surface area contributed by atoms with Crippen molar-refractivity contribution >= 4 is 44.5 Å². The lowest BCUT2D eigenvalue weighted by Crippen LogP contribution is -2.08. The van der Waals surface area contributed by atoms with Gasteiger partial charge in [0.1, 0.15) is 0 Å². The van der Waals surface area contributed by atoms with Crippen LogP contribution in [0.3, 0.4) is 0 Å². The second-order valence-electron chi connectivity index (χ2n) is 3.29. The third kappa shape index (κ3) is 5.53. The molecule has 1 N–H and O–H groups in total. The molecule has 1 aromatic carbocycles. The van der Waals surface area contributed by atoms with Gasteiger partial charge in [-0.1, -0.05) is 11.8 Å². The highest BCUT2D eigenvalue weighted by Gasteiger charge is 2.28. The number of alkyl halides is 3. The van der Waals surface area contributed by atoms with Crippen LogP contribution in [0.15, 0.2) is 27.6 Å². The first kappa shape index (κ1) is 16.5. The molecular weight excluding hydrogens is 369 g/mol. The molecule has 9 heteroatoms. The Balaban J connectivity index is 2.73. The number of aromatic carboxylic acids is 1. The predicted octanol–water partition coefficient (Wildman–Crippen LogP) is 3.51. The van der Waals surface area contributed by atoms with Crippen LogP contribution in [0.25, 0.3) is 0 Å². The molecule has 3 nitrogen and oxygen atoms in total. The van der Waals surface area contributed by atoms with Crippen molar-refractivity contribution in [3.63, 3.8) is 0 Å². The first-order valence-corrected chi connectivity index (χ1v) is 7.92. The quantitative estimate of drug-likeness (QED) is 0.854. The molecule has 0 amide bonds. The Kier molecular flexibility index (Phi) is 5.87. The number of carbonyl (C=O) groups is 1. The van der Waals surface area contributed by atoms with E-state index in [9.17, 15) is 22.2 Å². The van der Waals surface area contributed by atoms with Gasteiger partial charge in [0.05, 0.1) is 16.4 Å². The number of carboxylic acid groups (broad SMARTS) is 1. The summed E-state index contributed by atoms with van der Waals surface area (Å²) >= 11 is 2.78. The molecule has 1 unspecified atom stereocenters. The van der Waals surface area contributed by atoms with E-state index >= 15 is 0 Å². The highest BCUT2D eigenvalue weighted by Crippen LogP contribution is 2.30. The van der Waals surface area contributed by atoms with Gasteiger partial charge in [-0.05, 0) is 34.1 Å². The minimum atomic E-state index is -4.35. The van der Waals surface area contributed by atoms with Crippen LogP contribution < -0.4 is 0 Å². The van der Waals surface area contributed by atoms with Gasteiger partial charge in [0.2, 0.25) is 0 Å². The maximum atomic E-state index is 11.9. The molecule has 19 heavy (non-hydrogen) atoms. The molecule has 0 saturated carbocycles. The fourth-order valence-electron chi connectivity index (χ4n) is 1.16. The zero-order valence-electron chi connectivity index (χ0n) is 9.24. The normalized spacial score (nSPS) is 13.3. The molecule has 0 aliphatic carbocycles. The molecule has 1 aromatic rings. The molecule has 0 heterocycles. The number of hydrogen-bond donors (Lipinski definition) is 1. The van der Waals surface area contributed by atoms with Crippen LogP contribution in [0, 0.1) is 0 Å². The zero-order chi connectivity index (χ0) is 14.6. The summed E-state index contributed by atoms with van der Waals surface area (Å²) in [6.07, 6.45) is 0. The van der Waals surface area contributed by atoms with Crippen molar-refractivity contribution in [2.75, 3.05) is 11.5 Å². The summed E-state index contributed by atoms with van der Waals surface area (Å²) in [5.41, 5.74) is -4.43. The molecule has 0 bridgehead atoms. The van der Waals surface area contributed by atoms with Crippen LogP contribution in [0.4, 0.5) is 13.2 Å². The van der Waals surface area contributed by atoms with Crippen molar-refractivity contribution in [3.8, 4) is 0 Å². The Morgan fingerprint density at radius 2 is 2.05 bits per heavy atom. The molecule has 0 fully saturated rings. The van der Waals surface area contributed by atoms with Gasteiger partial charge in [-0.2, -0.15) is 13.2 Å². The van der Waals surface area contributed by atoms with Crippen molar-refractivity contribution in [1.29, 1.82) is 0 Å². The zero-order valence-corrected chi connectivity index (χ0v) is 12.5. The average Bonchev–Trinajstić information content (AvgIpc) is 2.27. The Morgan fingerprint density at radius 1 is 1.42 bits per heavy atom. The Morgan fingerprint density at radius 3 is 2.58 bits per heavy atom. The Labute approximate surface area is 122 Å². The summed E-state index contributed by atoms with van der Waals surface area (Å²) < 4.78 is 47.8. The largest absolute Gasteiger partial charge is 0.478 e. The van der Waals surface area contributed by atoms with Crippen LogP contribution in [0.5, 0.6) is 0 Å². The summed E-state index contributed by atoms with van der Waals surface area (Å²) in [5.74, 6) is -1.73. The van der Waals surface area contributed by atoms with Crippen LogP contribution in [0.2, 0.25) is 0 Å². The smallest absolute Gasteiger partial charge is 0.441 e. The highest BCUT2D eigenvalue weighted by atomic mass is 79.9. The number of thioether (sulfide) groups is 1. The van der Waals surface area contributed by atoms with Gasteiger partial charge in [0, 0.05) is 20.9 Å². The first-order valence-electron chi connectivity index (χ1n) is 4.82. The fraction of sp³-hybridized carbons (Fsp3) is 0.300. The molecular formula is C10H8BrF3O3S2. The van der Waals surface area contributed by atoms with E-state index < -0.39 is 22.3 Å². The standard InChI is InChI=1S/C10H8BrF3O3S2/c11-8-2-1-6(5-7(8)9(15)16)19(17)4-3-18-10(12,13)14/h1-2,5H,3-4H2,(H,15,16). The molecule has 0 aliphatic heterocycles. The summed E-state index contributed by atoms with van der Waals surface area (Å²) in [5, 5.41) is 8.87. The summed E-state index contributed by atoms with van der Waals surface area (Å²) in [6, 6.07) is 4.03. The average molecular weight is 377 g/mol. The third-order valence-corrected chi connectivity index (χ3v) is 5.01. The van der Waals surface area contributed by atoms with Gasteiger partial charge in [-0.15, -0.1) is 0 Å². The minimum absolute atomic E-state index is 0.0747. The predicted molar refractivity (Wildman–Crippen MR) is 70.9 cm³/mol. The highest BCUT2D eigenvalue weighted by molar-refractivity contribution is 9.10. The molecule has 0 aliphatic rings. The monoisotopic (exact) mass is 376 g/mol. The number of carboxylic acids is 1. The van der Waals surface area contributed by atoms with Crippen molar-refractivity contribution < 1.29 is 27.3 Å². The van der Waals surface area contributed by atoms with Crippen LogP contribution in [0.1, 0.15) is 10.4 Å². The van der Waals surface area contributed by atoms with E-state index in [0.29, 0.717) is 4.47 Å². The van der Waals surface area contributed by atoms with Crippen molar-refractivity contribution in [2.45, 2.75) is 10.4 Å². The summed E-state index contributed by atoms with van der Waals surface area (Å²) in [7, 11) is -1.66. The van der Waals surface area contributed by atoms with E-state index in [1.54, 1.807) is 0 Å². The topological polar surface area (TPSA) is 54.4 Å². The van der Waals surface area contributed by atoms with Gasteiger partial charge in [0.15, 0.2) is 0 Å². The van der Waals surface area contributed by atoms with Crippen LogP contribution in [-0.4, -0.2) is 32.3 Å². The maximum absolute atomic E-state index is 11.9. The van der Waals surface area contributed by atoms with Gasteiger partial charge in [0.25, 0.3) is 0 Å². The van der Waals surface area contributed by atoms with Crippen molar-refractivity contribution in [1.82, 2.24) is 0 Å². The number of benzene rings is 1. The van der Waals surface area contributed by atoms with E-state index in [4.69, 9.17) is 5.11 Å². The second kappa shape index (κ2) is 6.76. The van der Waals surface area contributed by atoms with E-state index in [0.717, 1.165) is 0 Å². The van der Waals surface area contributed by atoms with Crippen molar-refractivity contribution in [2.24, 2.45) is 0 Å². The number of halogens is 4. The lowest BCUT2D eigenvalue weighted by atomic mass is 10.2. The molecule has 0 radical (unpaired) electrons. The maximum Gasteiger partial charge on any atom is 0.441 e. The minimum Gasteiger partial charge on any atom is -0.478 e. The number of hydrogen-bond acceptors (Lipinski definition) is 3. The molecule has 1 atom stereocenters. The summed E-state index contributed by atoms with van der Waals surface area (Å²) in [6.45, 7) is 0. The molecule has 0 aromatic heterocycles. The van der Waals surface area contributed by atoms with Gasteiger partial charge in [-0.25, -0.2) is 4.79 Å². The van der Waals surface area contributed by atoms with E-state index in [-0.39, 0.29) is 33.7 Å². The van der Waals surface area contributed by atoms with Gasteiger partial charge < -0.3 is 5.11 Å².